The number of imide groups is 1. The minimum Gasteiger partial charge on any atom is -0.329 e. The van der Waals surface area contributed by atoms with Crippen LogP contribution < -0.4 is 10.5 Å². The zero-order chi connectivity index (χ0) is 15.1. The molecule has 8 heteroatoms. The average molecular weight is 297 g/mol. The molecule has 20 heavy (non-hydrogen) atoms. The van der Waals surface area contributed by atoms with Gasteiger partial charge in [-0.1, -0.05) is 0 Å². The highest BCUT2D eigenvalue weighted by molar-refractivity contribution is 7.93. The fourth-order valence-corrected chi connectivity index (χ4v) is 2.73. The van der Waals surface area contributed by atoms with Crippen molar-refractivity contribution in [3.8, 4) is 0 Å². The molecule has 0 saturated heterocycles. The van der Waals surface area contributed by atoms with Crippen molar-refractivity contribution in [3.63, 3.8) is 0 Å². The van der Waals surface area contributed by atoms with Crippen LogP contribution in [-0.4, -0.2) is 44.0 Å². The van der Waals surface area contributed by atoms with Crippen LogP contribution in [0.3, 0.4) is 0 Å². The molecule has 1 unspecified atom stereocenters. The molecule has 0 radical (unpaired) electrons. The van der Waals surface area contributed by atoms with Crippen LogP contribution in [0.1, 0.15) is 27.6 Å². The molecule has 1 aromatic carbocycles. The normalized spacial score (nSPS) is 16.2. The monoisotopic (exact) mass is 297 g/mol. The van der Waals surface area contributed by atoms with E-state index in [0.717, 1.165) is 4.90 Å². The number of nitrogens with one attached hydrogen (secondary N) is 1. The van der Waals surface area contributed by atoms with E-state index in [4.69, 9.17) is 5.73 Å². The molecule has 2 rings (SSSR count). The second-order valence-electron chi connectivity index (χ2n) is 4.62. The number of anilines is 1. The van der Waals surface area contributed by atoms with Crippen LogP contribution in [0.15, 0.2) is 18.2 Å². The quantitative estimate of drug-likeness (QED) is 0.760. The largest absolute Gasteiger partial charge is 0.329 e. The summed E-state index contributed by atoms with van der Waals surface area (Å²) in [6.45, 7) is 1.47. The predicted octanol–water partition coefficient (Wildman–Crippen LogP) is 0.00130. The Hall–Kier alpha value is -1.93. The van der Waals surface area contributed by atoms with Crippen LogP contribution in [-0.2, 0) is 10.0 Å². The summed E-state index contributed by atoms with van der Waals surface area (Å²) in [5, 5.41) is -0.754. The number of nitrogens with two attached hydrogens (primary N) is 1. The van der Waals surface area contributed by atoms with Gasteiger partial charge in [0.25, 0.3) is 11.8 Å². The third-order valence-corrected chi connectivity index (χ3v) is 4.98. The predicted molar refractivity (Wildman–Crippen MR) is 73.9 cm³/mol. The number of carbonyl (C=O) groups excluding carboxylic acids is 2. The Labute approximate surface area is 116 Å². The van der Waals surface area contributed by atoms with Crippen LogP contribution in [0.4, 0.5) is 5.69 Å². The van der Waals surface area contributed by atoms with Gasteiger partial charge in [0.1, 0.15) is 0 Å². The van der Waals surface area contributed by atoms with Gasteiger partial charge in [0, 0.05) is 19.3 Å². The molecule has 108 valence electrons. The number of benzene rings is 1. The van der Waals surface area contributed by atoms with Gasteiger partial charge in [-0.15, -0.1) is 0 Å². The number of carbonyl (C=O) groups is 2. The van der Waals surface area contributed by atoms with Crippen LogP contribution in [0, 0.1) is 0 Å². The van der Waals surface area contributed by atoms with Gasteiger partial charge < -0.3 is 5.73 Å². The van der Waals surface area contributed by atoms with Crippen LogP contribution in [0.5, 0.6) is 0 Å². The van der Waals surface area contributed by atoms with Crippen LogP contribution >= 0.6 is 0 Å². The summed E-state index contributed by atoms with van der Waals surface area (Å²) in [7, 11) is -2.23. The van der Waals surface area contributed by atoms with E-state index >= 15 is 0 Å². The molecule has 1 aliphatic rings. The van der Waals surface area contributed by atoms with E-state index in [1.54, 1.807) is 0 Å². The van der Waals surface area contributed by atoms with E-state index < -0.39 is 27.1 Å². The molecule has 0 spiro atoms. The van der Waals surface area contributed by atoms with Gasteiger partial charge in [-0.3, -0.25) is 19.2 Å². The lowest BCUT2D eigenvalue weighted by Crippen LogP contribution is -2.31. The molecule has 2 amide bonds. The Kier molecular flexibility index (Phi) is 3.53. The van der Waals surface area contributed by atoms with Gasteiger partial charge in [0.05, 0.1) is 16.4 Å². The lowest BCUT2D eigenvalue weighted by molar-refractivity contribution is 0.0693. The lowest BCUT2D eigenvalue weighted by Gasteiger charge is -2.13. The van der Waals surface area contributed by atoms with E-state index in [2.05, 4.69) is 4.72 Å². The molecule has 0 aromatic heterocycles. The fraction of sp³-hybridized carbons (Fsp3) is 0.333. The lowest BCUT2D eigenvalue weighted by atomic mass is 10.1. The standard InChI is InChI=1S/C12H15N3O4S/c1-7(6-13)20(18,19)14-8-3-4-9-10(5-8)12(17)15(2)11(9)16/h3-5,7,14H,6,13H2,1-2H3. The molecule has 1 aromatic rings. The van der Waals surface area contributed by atoms with E-state index in [1.165, 1.54) is 32.2 Å². The topological polar surface area (TPSA) is 110 Å². The Morgan fingerprint density at radius 1 is 1.25 bits per heavy atom. The molecule has 1 heterocycles. The summed E-state index contributed by atoms with van der Waals surface area (Å²) in [5.74, 6) is -0.840. The van der Waals surface area contributed by atoms with E-state index in [9.17, 15) is 18.0 Å². The van der Waals surface area contributed by atoms with Crippen molar-refractivity contribution in [3.05, 3.63) is 29.3 Å². The molecule has 3 N–H and O–H groups in total. The molecule has 7 nitrogen and oxygen atoms in total. The van der Waals surface area contributed by atoms with Crippen molar-refractivity contribution in [1.29, 1.82) is 0 Å². The van der Waals surface area contributed by atoms with Gasteiger partial charge in [-0.05, 0) is 25.1 Å². The first kappa shape index (κ1) is 14.5. The van der Waals surface area contributed by atoms with Crippen molar-refractivity contribution in [1.82, 2.24) is 4.90 Å². The molecule has 1 atom stereocenters. The number of fused-ring (bicyclic) bond motifs is 1. The summed E-state index contributed by atoms with van der Waals surface area (Å²) in [6, 6.07) is 4.24. The Morgan fingerprint density at radius 3 is 2.45 bits per heavy atom. The maximum Gasteiger partial charge on any atom is 0.261 e. The minimum absolute atomic E-state index is 0.0135. The smallest absolute Gasteiger partial charge is 0.261 e. The second kappa shape index (κ2) is 4.88. The molecule has 0 bridgehead atoms. The average Bonchev–Trinajstić information content (AvgIpc) is 2.62. The summed E-state index contributed by atoms with van der Waals surface area (Å²) < 4.78 is 26.1. The van der Waals surface area contributed by atoms with Crippen molar-refractivity contribution in [2.24, 2.45) is 5.73 Å². The maximum absolute atomic E-state index is 11.9. The second-order valence-corrected chi connectivity index (χ2v) is 6.72. The van der Waals surface area contributed by atoms with E-state index in [-0.39, 0.29) is 23.4 Å². The summed E-state index contributed by atoms with van der Waals surface area (Å²) in [4.78, 5) is 24.5. The van der Waals surface area contributed by atoms with E-state index in [1.807, 2.05) is 0 Å². The van der Waals surface area contributed by atoms with Crippen molar-refractivity contribution < 1.29 is 18.0 Å². The third kappa shape index (κ3) is 2.27. The van der Waals surface area contributed by atoms with E-state index in [0.29, 0.717) is 0 Å². The molecule has 0 aliphatic carbocycles. The summed E-state index contributed by atoms with van der Waals surface area (Å²) in [6.07, 6.45) is 0. The highest BCUT2D eigenvalue weighted by Gasteiger charge is 2.33. The van der Waals surface area contributed by atoms with Crippen molar-refractivity contribution in [2.75, 3.05) is 18.3 Å². The summed E-state index contributed by atoms with van der Waals surface area (Å²) in [5.41, 5.74) is 6.04. The van der Waals surface area contributed by atoms with Gasteiger partial charge in [0.2, 0.25) is 10.0 Å². The maximum atomic E-state index is 11.9. The SMILES string of the molecule is CC(CN)S(=O)(=O)Nc1ccc2c(c1)C(=O)N(C)C2=O. The Morgan fingerprint density at radius 2 is 1.85 bits per heavy atom. The van der Waals surface area contributed by atoms with Gasteiger partial charge in [0.15, 0.2) is 0 Å². The first-order chi connectivity index (χ1) is 9.27. The number of hydrogen-bond donors (Lipinski definition) is 2. The minimum atomic E-state index is -3.61. The van der Waals surface area contributed by atoms with Crippen molar-refractivity contribution in [2.45, 2.75) is 12.2 Å². The van der Waals surface area contributed by atoms with Gasteiger partial charge in [-0.2, -0.15) is 0 Å². The highest BCUT2D eigenvalue weighted by Crippen LogP contribution is 2.25. The Bertz CT molecular complexity index is 684. The number of rotatable bonds is 4. The van der Waals surface area contributed by atoms with Crippen LogP contribution in [0.25, 0.3) is 0 Å². The first-order valence-corrected chi connectivity index (χ1v) is 7.50. The molecule has 0 saturated carbocycles. The fourth-order valence-electron chi connectivity index (χ4n) is 1.82. The third-order valence-electron chi connectivity index (χ3n) is 3.21. The number of sulfonamides is 1. The Balaban J connectivity index is 2.35. The zero-order valence-corrected chi connectivity index (χ0v) is 11.9. The number of hydrogen-bond acceptors (Lipinski definition) is 5. The number of nitrogens with zero attached hydrogens (tertiary/aromatic N) is 1. The molecular weight excluding hydrogens is 282 g/mol. The zero-order valence-electron chi connectivity index (χ0n) is 11.1. The molecule has 0 fully saturated rings. The summed E-state index contributed by atoms with van der Waals surface area (Å²) >= 11 is 0. The highest BCUT2D eigenvalue weighted by atomic mass is 32.2. The van der Waals surface area contributed by atoms with Gasteiger partial charge in [-0.25, -0.2) is 8.42 Å². The van der Waals surface area contributed by atoms with Crippen LogP contribution in [0.2, 0.25) is 0 Å². The first-order valence-electron chi connectivity index (χ1n) is 5.96. The molecule has 1 aliphatic heterocycles. The van der Waals surface area contributed by atoms with Crippen molar-refractivity contribution >= 4 is 27.5 Å². The van der Waals surface area contributed by atoms with Gasteiger partial charge >= 0.3 is 0 Å². The molecular formula is C12H15N3O4S. The number of amides is 2.